The second-order valence-electron chi connectivity index (χ2n) is 13.7. The molecule has 0 radical (unpaired) electrons. The minimum absolute atomic E-state index is 0.0759. The van der Waals surface area contributed by atoms with Gasteiger partial charge >= 0.3 is 11.9 Å². The molecular formula is C36H50O8. The number of rotatable bonds is 13. The van der Waals surface area contributed by atoms with Crippen LogP contribution >= 0.6 is 0 Å². The normalized spacial score (nSPS) is 12.2. The highest BCUT2D eigenvalue weighted by atomic mass is 16.7. The number of allylic oxidation sites excluding steroid dienone is 1. The summed E-state index contributed by atoms with van der Waals surface area (Å²) in [6.07, 6.45) is 3.04. The van der Waals surface area contributed by atoms with Crippen molar-refractivity contribution in [1.82, 2.24) is 0 Å². The summed E-state index contributed by atoms with van der Waals surface area (Å²) >= 11 is 0. The van der Waals surface area contributed by atoms with Gasteiger partial charge in [0.05, 0.1) is 22.5 Å². The summed E-state index contributed by atoms with van der Waals surface area (Å²) in [5.74, 6) is 0.803. The molecule has 2 aromatic carbocycles. The van der Waals surface area contributed by atoms with Crippen LogP contribution < -0.4 is 14.2 Å². The summed E-state index contributed by atoms with van der Waals surface area (Å²) in [5, 5.41) is 0. The fraction of sp³-hybridized carbons (Fsp3) is 0.528. The van der Waals surface area contributed by atoms with E-state index in [9.17, 15) is 14.4 Å². The van der Waals surface area contributed by atoms with Crippen LogP contribution in [0.15, 0.2) is 36.4 Å². The molecule has 2 rings (SSSR count). The van der Waals surface area contributed by atoms with Gasteiger partial charge in [-0.15, -0.1) is 0 Å². The van der Waals surface area contributed by atoms with Gasteiger partial charge in [0.15, 0.2) is 5.78 Å². The average molecular weight is 611 g/mol. The fourth-order valence-corrected chi connectivity index (χ4v) is 3.95. The molecule has 0 atom stereocenters. The van der Waals surface area contributed by atoms with Gasteiger partial charge in [0, 0.05) is 5.56 Å². The Morgan fingerprint density at radius 1 is 0.705 bits per heavy atom. The molecular weight excluding hydrogens is 560 g/mol. The van der Waals surface area contributed by atoms with E-state index < -0.39 is 10.8 Å². The van der Waals surface area contributed by atoms with Gasteiger partial charge in [-0.2, -0.15) is 0 Å². The lowest BCUT2D eigenvalue weighted by Gasteiger charge is -2.25. The van der Waals surface area contributed by atoms with Gasteiger partial charge in [-0.1, -0.05) is 27.7 Å². The molecule has 0 fully saturated rings. The first-order valence-corrected chi connectivity index (χ1v) is 15.1. The van der Waals surface area contributed by atoms with Gasteiger partial charge in [0.2, 0.25) is 13.6 Å². The Kier molecular flexibility index (Phi) is 12.6. The Bertz CT molecular complexity index is 1320. The Balaban J connectivity index is 2.44. The molecule has 0 aliphatic carbocycles. The van der Waals surface area contributed by atoms with E-state index in [0.29, 0.717) is 28.4 Å². The molecule has 0 aliphatic heterocycles. The minimum atomic E-state index is -0.676. The Morgan fingerprint density at radius 2 is 1.18 bits per heavy atom. The topological polar surface area (TPSA) is 97.4 Å². The van der Waals surface area contributed by atoms with Crippen molar-refractivity contribution in [2.75, 3.05) is 13.6 Å². The number of carbonyl (C=O) groups excluding carboxylic acids is 3. The summed E-state index contributed by atoms with van der Waals surface area (Å²) < 4.78 is 28.5. The summed E-state index contributed by atoms with van der Waals surface area (Å²) in [4.78, 5) is 37.7. The number of esters is 2. The smallest absolute Gasteiger partial charge is 0.314 e. The third-order valence-electron chi connectivity index (χ3n) is 6.50. The van der Waals surface area contributed by atoms with E-state index >= 15 is 0 Å². The van der Waals surface area contributed by atoms with Crippen LogP contribution in [0.25, 0.3) is 6.08 Å². The number of hydrogen-bond acceptors (Lipinski definition) is 8. The summed E-state index contributed by atoms with van der Waals surface area (Å²) in [6, 6.07) is 8.66. The van der Waals surface area contributed by atoms with Crippen molar-refractivity contribution in [1.29, 1.82) is 0 Å². The van der Waals surface area contributed by atoms with E-state index in [-0.39, 0.29) is 49.2 Å². The zero-order chi connectivity index (χ0) is 33.4. The van der Waals surface area contributed by atoms with Crippen LogP contribution in [0.1, 0.15) is 122 Å². The Hall–Kier alpha value is -3.81. The molecule has 0 N–H and O–H groups in total. The van der Waals surface area contributed by atoms with Crippen LogP contribution in [-0.2, 0) is 19.1 Å². The maximum atomic E-state index is 13.3. The first-order chi connectivity index (χ1) is 20.3. The largest absolute Gasteiger partial charge is 0.490 e. The first kappa shape index (κ1) is 36.4. The molecule has 0 spiro atoms. The van der Waals surface area contributed by atoms with Crippen molar-refractivity contribution in [2.45, 2.75) is 101 Å². The number of benzene rings is 2. The number of ketones is 1. The predicted molar refractivity (Wildman–Crippen MR) is 172 cm³/mol. The minimum Gasteiger partial charge on any atom is -0.490 e. The SMILES string of the molecule is CC(C)Oc1c(C(C)C)cc(C(C)C)c(OCOC(=O)C(C)(C)C)c1C=CC(=O)c1ccc(OCOC(=O)C(C)(C)C)cc1. The molecule has 0 heterocycles. The number of carbonyl (C=O) groups is 3. The van der Waals surface area contributed by atoms with Crippen LogP contribution in [0.3, 0.4) is 0 Å². The van der Waals surface area contributed by atoms with Crippen LogP contribution in [0.4, 0.5) is 0 Å². The third-order valence-corrected chi connectivity index (χ3v) is 6.50. The summed E-state index contributed by atoms with van der Waals surface area (Å²) in [5.41, 5.74) is 1.65. The highest BCUT2D eigenvalue weighted by Gasteiger charge is 2.26. The lowest BCUT2D eigenvalue weighted by atomic mass is 9.90. The summed E-state index contributed by atoms with van der Waals surface area (Å²) in [7, 11) is 0. The molecule has 0 saturated heterocycles. The lowest BCUT2D eigenvalue weighted by molar-refractivity contribution is -0.160. The Labute approximate surface area is 263 Å². The van der Waals surface area contributed by atoms with Gasteiger partial charge in [0.1, 0.15) is 17.2 Å². The van der Waals surface area contributed by atoms with Crippen molar-refractivity contribution in [3.8, 4) is 17.2 Å². The van der Waals surface area contributed by atoms with Gasteiger partial charge in [0.25, 0.3) is 0 Å². The van der Waals surface area contributed by atoms with Gasteiger partial charge in [-0.3, -0.25) is 14.4 Å². The second-order valence-corrected chi connectivity index (χ2v) is 13.7. The Morgan fingerprint density at radius 3 is 1.64 bits per heavy atom. The third kappa shape index (κ3) is 10.4. The highest BCUT2D eigenvalue weighted by molar-refractivity contribution is 6.07. The fourth-order valence-electron chi connectivity index (χ4n) is 3.95. The van der Waals surface area contributed by atoms with Crippen molar-refractivity contribution < 1.29 is 38.1 Å². The van der Waals surface area contributed by atoms with Crippen LogP contribution in [-0.4, -0.2) is 37.4 Å². The molecule has 44 heavy (non-hydrogen) atoms. The quantitative estimate of drug-likeness (QED) is 0.0964. The molecule has 8 heteroatoms. The molecule has 8 nitrogen and oxygen atoms in total. The van der Waals surface area contributed by atoms with Crippen molar-refractivity contribution >= 4 is 23.8 Å². The molecule has 0 aliphatic rings. The molecule has 0 bridgehead atoms. The van der Waals surface area contributed by atoms with E-state index in [1.807, 2.05) is 13.8 Å². The van der Waals surface area contributed by atoms with Crippen LogP contribution in [0, 0.1) is 10.8 Å². The molecule has 2 aromatic rings. The first-order valence-electron chi connectivity index (χ1n) is 15.1. The van der Waals surface area contributed by atoms with E-state index in [1.54, 1.807) is 71.9 Å². The summed E-state index contributed by atoms with van der Waals surface area (Å²) in [6.45, 7) is 22.3. The monoisotopic (exact) mass is 610 g/mol. The van der Waals surface area contributed by atoms with Crippen molar-refractivity contribution in [3.63, 3.8) is 0 Å². The van der Waals surface area contributed by atoms with E-state index in [1.165, 1.54) is 6.08 Å². The molecule has 0 amide bonds. The number of hydrogen-bond donors (Lipinski definition) is 0. The van der Waals surface area contributed by atoms with Gasteiger partial charge in [-0.05, 0) is 121 Å². The maximum absolute atomic E-state index is 13.3. The van der Waals surface area contributed by atoms with E-state index in [0.717, 1.165) is 11.1 Å². The van der Waals surface area contributed by atoms with Crippen LogP contribution in [0.5, 0.6) is 17.2 Å². The molecule has 0 unspecified atom stereocenters. The van der Waals surface area contributed by atoms with Crippen LogP contribution in [0.2, 0.25) is 0 Å². The second kappa shape index (κ2) is 15.3. The van der Waals surface area contributed by atoms with Gasteiger partial charge in [-0.25, -0.2) is 0 Å². The highest BCUT2D eigenvalue weighted by Crippen LogP contribution is 2.43. The van der Waals surface area contributed by atoms with E-state index in [2.05, 4.69) is 33.8 Å². The van der Waals surface area contributed by atoms with Crippen molar-refractivity contribution in [2.24, 2.45) is 10.8 Å². The predicted octanol–water partition coefficient (Wildman–Crippen LogP) is 8.47. The molecule has 0 aromatic heterocycles. The van der Waals surface area contributed by atoms with E-state index in [4.69, 9.17) is 23.7 Å². The number of ether oxygens (including phenoxy) is 5. The maximum Gasteiger partial charge on any atom is 0.314 e. The molecule has 242 valence electrons. The molecule has 0 saturated carbocycles. The average Bonchev–Trinajstić information content (AvgIpc) is 2.90. The standard InChI is InChI=1S/C36H50O8/c1-22(2)28-19-29(23(3)4)32(44-24(5)6)27(31(28)41-21-43-34(39)36(10,11)12)17-18-30(37)25-13-15-26(16-14-25)40-20-42-33(38)35(7,8)9/h13-19,22-24H,20-21H2,1-12H3. The van der Waals surface area contributed by atoms with Crippen molar-refractivity contribution in [3.05, 3.63) is 58.7 Å². The van der Waals surface area contributed by atoms with Gasteiger partial charge < -0.3 is 23.7 Å². The lowest BCUT2D eigenvalue weighted by Crippen LogP contribution is -2.25. The zero-order valence-electron chi connectivity index (χ0n) is 28.5. The zero-order valence-corrected chi connectivity index (χ0v) is 28.5.